The summed E-state index contributed by atoms with van der Waals surface area (Å²) in [7, 11) is 0. The van der Waals surface area contributed by atoms with E-state index in [0.717, 1.165) is 11.1 Å². The minimum atomic E-state index is -0.484. The number of benzene rings is 3. The molecule has 0 saturated heterocycles. The number of rotatable bonds is 6. The molecule has 3 aromatic carbocycles. The molecule has 34 heavy (non-hydrogen) atoms. The molecule has 0 atom stereocenters. The molecule has 9 heteroatoms. The van der Waals surface area contributed by atoms with E-state index in [-0.39, 0.29) is 22.9 Å². The first kappa shape index (κ1) is 21.8. The van der Waals surface area contributed by atoms with E-state index < -0.39 is 5.82 Å². The van der Waals surface area contributed by atoms with Crippen molar-refractivity contribution in [2.24, 2.45) is 0 Å². The molecule has 170 valence electrons. The summed E-state index contributed by atoms with van der Waals surface area (Å²) < 4.78 is 17.4. The number of aryl methyl sites for hydroxylation is 1. The summed E-state index contributed by atoms with van der Waals surface area (Å²) >= 11 is 1.17. The highest BCUT2D eigenvalue weighted by atomic mass is 32.2. The van der Waals surface area contributed by atoms with E-state index in [0.29, 0.717) is 28.4 Å². The van der Waals surface area contributed by atoms with Crippen LogP contribution in [0.15, 0.2) is 82.7 Å². The third-order valence-electron chi connectivity index (χ3n) is 5.39. The van der Waals surface area contributed by atoms with Crippen LogP contribution in [0.4, 0.5) is 10.1 Å². The molecule has 0 bridgehead atoms. The van der Waals surface area contributed by atoms with Gasteiger partial charge in [0, 0.05) is 0 Å². The van der Waals surface area contributed by atoms with Gasteiger partial charge >= 0.3 is 0 Å². The Morgan fingerprint density at radius 3 is 2.59 bits per heavy atom. The van der Waals surface area contributed by atoms with Gasteiger partial charge in [0.2, 0.25) is 11.7 Å². The van der Waals surface area contributed by atoms with Gasteiger partial charge in [-0.05, 0) is 42.3 Å². The predicted molar refractivity (Wildman–Crippen MR) is 131 cm³/mol. The number of hydrogen-bond donors (Lipinski definition) is 1. The molecule has 5 rings (SSSR count). The van der Waals surface area contributed by atoms with E-state index in [2.05, 4.69) is 15.5 Å². The van der Waals surface area contributed by atoms with Crippen molar-refractivity contribution < 1.29 is 9.18 Å². The van der Waals surface area contributed by atoms with Crippen molar-refractivity contribution in [3.05, 3.63) is 100 Å². The standard InChI is InChI=1S/C25H20FN5O2S/c1-16-11-12-20(19(26)13-16)27-22(32)15-34-25-29-28-24-30(14-17-7-3-2-4-8-17)23(33)18-9-5-6-10-21(18)31(24)25/h2-13H,14-15H2,1H3,(H,27,32). The van der Waals surface area contributed by atoms with E-state index in [4.69, 9.17) is 0 Å². The molecule has 0 unspecified atom stereocenters. The van der Waals surface area contributed by atoms with Crippen molar-refractivity contribution in [3.8, 4) is 0 Å². The summed E-state index contributed by atoms with van der Waals surface area (Å²) in [5.41, 5.74) is 2.35. The van der Waals surface area contributed by atoms with Gasteiger partial charge in [-0.15, -0.1) is 10.2 Å². The van der Waals surface area contributed by atoms with Crippen molar-refractivity contribution in [3.63, 3.8) is 0 Å². The number of nitrogens with zero attached hydrogens (tertiary/aromatic N) is 4. The Balaban J connectivity index is 1.49. The number of aromatic nitrogens is 4. The number of para-hydroxylation sites is 1. The van der Waals surface area contributed by atoms with Gasteiger partial charge in [-0.1, -0.05) is 60.3 Å². The maximum Gasteiger partial charge on any atom is 0.263 e. The molecule has 5 aromatic rings. The zero-order valence-corrected chi connectivity index (χ0v) is 19.1. The van der Waals surface area contributed by atoms with Gasteiger partial charge in [-0.2, -0.15) is 0 Å². The van der Waals surface area contributed by atoms with Crippen LogP contribution in [-0.4, -0.2) is 30.8 Å². The van der Waals surface area contributed by atoms with Crippen LogP contribution >= 0.6 is 11.8 Å². The maximum atomic E-state index is 14.1. The van der Waals surface area contributed by atoms with Gasteiger partial charge in [0.25, 0.3) is 5.56 Å². The number of anilines is 1. The average Bonchev–Trinajstić information content (AvgIpc) is 3.27. The average molecular weight is 474 g/mol. The second-order valence-electron chi connectivity index (χ2n) is 7.83. The summed E-state index contributed by atoms with van der Waals surface area (Å²) in [5, 5.41) is 12.1. The van der Waals surface area contributed by atoms with Crippen LogP contribution in [0.1, 0.15) is 11.1 Å². The molecule has 0 saturated carbocycles. The Kier molecular flexibility index (Phi) is 5.85. The minimum absolute atomic E-state index is 0.000246. The fourth-order valence-corrected chi connectivity index (χ4v) is 4.51. The summed E-state index contributed by atoms with van der Waals surface area (Å²) in [6, 6.07) is 21.5. The molecule has 2 aromatic heterocycles. The van der Waals surface area contributed by atoms with Gasteiger partial charge in [0.05, 0.1) is 28.9 Å². The van der Waals surface area contributed by atoms with Crippen LogP contribution in [0.5, 0.6) is 0 Å². The first-order valence-corrected chi connectivity index (χ1v) is 11.6. The minimum Gasteiger partial charge on any atom is -0.323 e. The van der Waals surface area contributed by atoms with Crippen molar-refractivity contribution in [1.29, 1.82) is 0 Å². The molecule has 0 aliphatic rings. The molecule has 2 heterocycles. The second kappa shape index (κ2) is 9.11. The van der Waals surface area contributed by atoms with Gasteiger partial charge in [0.15, 0.2) is 5.16 Å². The molecule has 1 N–H and O–H groups in total. The van der Waals surface area contributed by atoms with Crippen LogP contribution in [0.3, 0.4) is 0 Å². The van der Waals surface area contributed by atoms with Crippen molar-refractivity contribution >= 4 is 40.0 Å². The van der Waals surface area contributed by atoms with E-state index >= 15 is 0 Å². The van der Waals surface area contributed by atoms with E-state index in [1.807, 2.05) is 48.5 Å². The molecular formula is C25H20FN5O2S. The highest BCUT2D eigenvalue weighted by molar-refractivity contribution is 7.99. The Labute approximate surface area is 198 Å². The largest absolute Gasteiger partial charge is 0.323 e. The van der Waals surface area contributed by atoms with Crippen LogP contribution < -0.4 is 10.9 Å². The van der Waals surface area contributed by atoms with Gasteiger partial charge in [0.1, 0.15) is 5.82 Å². The summed E-state index contributed by atoms with van der Waals surface area (Å²) in [6.45, 7) is 2.12. The van der Waals surface area contributed by atoms with E-state index in [1.165, 1.54) is 23.9 Å². The lowest BCUT2D eigenvalue weighted by Gasteiger charge is -2.11. The number of fused-ring (bicyclic) bond motifs is 3. The van der Waals surface area contributed by atoms with Crippen molar-refractivity contribution in [2.45, 2.75) is 18.6 Å². The quantitative estimate of drug-likeness (QED) is 0.373. The lowest BCUT2D eigenvalue weighted by Crippen LogP contribution is -2.24. The predicted octanol–water partition coefficient (Wildman–Crippen LogP) is 4.27. The van der Waals surface area contributed by atoms with Crippen LogP contribution in [0.25, 0.3) is 16.7 Å². The third kappa shape index (κ3) is 4.17. The molecule has 0 radical (unpaired) electrons. The monoisotopic (exact) mass is 473 g/mol. The van der Waals surface area contributed by atoms with E-state index in [9.17, 15) is 14.0 Å². The van der Waals surface area contributed by atoms with Gasteiger partial charge in [-0.25, -0.2) is 4.39 Å². The first-order valence-electron chi connectivity index (χ1n) is 10.6. The zero-order chi connectivity index (χ0) is 23.7. The number of carbonyl (C=O) groups is 1. The Morgan fingerprint density at radius 1 is 1.03 bits per heavy atom. The Bertz CT molecular complexity index is 1580. The van der Waals surface area contributed by atoms with Gasteiger partial charge in [-0.3, -0.25) is 18.6 Å². The fraction of sp³-hybridized carbons (Fsp3) is 0.120. The molecule has 0 spiro atoms. The zero-order valence-electron chi connectivity index (χ0n) is 18.2. The molecule has 1 amide bonds. The topological polar surface area (TPSA) is 81.3 Å². The Hall–Kier alpha value is -3.98. The summed E-state index contributed by atoms with van der Waals surface area (Å²) in [4.78, 5) is 25.8. The van der Waals surface area contributed by atoms with Crippen LogP contribution in [0.2, 0.25) is 0 Å². The van der Waals surface area contributed by atoms with Crippen molar-refractivity contribution in [2.75, 3.05) is 11.1 Å². The van der Waals surface area contributed by atoms with Crippen LogP contribution in [0, 0.1) is 12.7 Å². The number of carbonyl (C=O) groups excluding carboxylic acids is 1. The lowest BCUT2D eigenvalue weighted by atomic mass is 10.2. The van der Waals surface area contributed by atoms with Gasteiger partial charge < -0.3 is 5.32 Å². The van der Waals surface area contributed by atoms with Crippen LogP contribution in [-0.2, 0) is 11.3 Å². The Morgan fingerprint density at radius 2 is 1.79 bits per heavy atom. The third-order valence-corrected chi connectivity index (χ3v) is 6.32. The second-order valence-corrected chi connectivity index (χ2v) is 8.77. The fourth-order valence-electron chi connectivity index (χ4n) is 3.77. The maximum absolute atomic E-state index is 14.1. The molecular weight excluding hydrogens is 453 g/mol. The van der Waals surface area contributed by atoms with Crippen molar-refractivity contribution in [1.82, 2.24) is 19.2 Å². The van der Waals surface area contributed by atoms with E-state index in [1.54, 1.807) is 28.0 Å². The number of amides is 1. The highest BCUT2D eigenvalue weighted by Crippen LogP contribution is 2.23. The lowest BCUT2D eigenvalue weighted by molar-refractivity contribution is -0.113. The number of halogens is 1. The number of hydrogen-bond acceptors (Lipinski definition) is 5. The summed E-state index contributed by atoms with van der Waals surface area (Å²) in [5.74, 6) is -0.464. The number of thioether (sulfide) groups is 1. The smallest absolute Gasteiger partial charge is 0.263 e. The molecule has 0 aliphatic heterocycles. The summed E-state index contributed by atoms with van der Waals surface area (Å²) in [6.07, 6.45) is 0. The normalized spacial score (nSPS) is 11.2. The molecule has 0 aliphatic carbocycles. The highest BCUT2D eigenvalue weighted by Gasteiger charge is 2.18. The molecule has 7 nitrogen and oxygen atoms in total. The molecule has 0 fully saturated rings. The number of nitrogens with one attached hydrogen (secondary N) is 1. The first-order chi connectivity index (χ1) is 16.5. The SMILES string of the molecule is Cc1ccc(NC(=O)CSc2nnc3n(Cc4ccccc4)c(=O)c4ccccc4n23)c(F)c1.